The molecule has 19 nitrogen and oxygen atoms in total. The van der Waals surface area contributed by atoms with Gasteiger partial charge in [0.05, 0.1) is 6.42 Å². The Morgan fingerprint density at radius 1 is 0.389 bits per heavy atom. The maximum absolute atomic E-state index is 13.4. The fraction of sp³-hybridized carbons (Fsp3) is 0.811. The molecule has 19 heteroatoms. The Balaban J connectivity index is 2.70. The quantitative estimate of drug-likeness (QED) is 0.0244. The van der Waals surface area contributed by atoms with Gasteiger partial charge in [-0.1, -0.05) is 77.0 Å². The molecule has 1 aliphatic heterocycles. The van der Waals surface area contributed by atoms with E-state index >= 15 is 0 Å². The average molecular weight is 1020 g/mol. The first-order valence-corrected chi connectivity index (χ1v) is 26.2. The Hall–Kier alpha value is -5.10. The van der Waals surface area contributed by atoms with Gasteiger partial charge in [-0.05, 0) is 115 Å². The molecule has 0 aromatic heterocycles. The van der Waals surface area contributed by atoms with Crippen molar-refractivity contribution in [3.8, 4) is 0 Å². The van der Waals surface area contributed by atoms with E-state index in [-0.39, 0.29) is 56.8 Å². The van der Waals surface area contributed by atoms with Gasteiger partial charge in [-0.2, -0.15) is 0 Å². The summed E-state index contributed by atoms with van der Waals surface area (Å²) in [6.45, 7) is 20.4. The summed E-state index contributed by atoms with van der Waals surface area (Å²) in [5.41, 5.74) is -3.25. The number of hydrogen-bond donors (Lipinski definition) is 3. The number of esters is 4. The van der Waals surface area contributed by atoms with Crippen molar-refractivity contribution < 1.29 is 71.7 Å². The standard InChI is InChI=1S/C53H90N4O15/c1-50(2,3)68-45(63)28-26-24-22-20-18-16-14-13-15-17-19-21-23-25-27-40(58)54-37(47(65)69-51(4,5)6)29-32-41(59)55-38(48(66)70-52(7,8)9)30-33-42(60)56-39(49(67)71-53(10,11)12)31-36-46(64)72-57-43(61)34-35-44(57)62/h37-39H,13-36H2,1-12H3,(H,54,58)(H,55,59)(H,56,60)/t37-,38-,39-/m0/s1. The fourth-order valence-corrected chi connectivity index (χ4v) is 7.35. The molecule has 5 amide bonds. The molecular weight excluding hydrogens is 933 g/mol. The topological polar surface area (TPSA) is 256 Å². The van der Waals surface area contributed by atoms with Crippen LogP contribution in [0, 0.1) is 0 Å². The predicted molar refractivity (Wildman–Crippen MR) is 268 cm³/mol. The molecule has 1 saturated heterocycles. The number of amides is 5. The summed E-state index contributed by atoms with van der Waals surface area (Å²) in [6, 6.07) is -3.86. The van der Waals surface area contributed by atoms with Gasteiger partial charge in [0.25, 0.3) is 11.8 Å². The lowest BCUT2D eigenvalue weighted by atomic mass is 10.0. The van der Waals surface area contributed by atoms with Crippen LogP contribution >= 0.6 is 0 Å². The summed E-state index contributed by atoms with van der Waals surface area (Å²) < 4.78 is 21.9. The van der Waals surface area contributed by atoms with Crippen LogP contribution in [0.5, 0.6) is 0 Å². The van der Waals surface area contributed by atoms with Crippen molar-refractivity contribution in [3.63, 3.8) is 0 Å². The number of carbonyl (C=O) groups is 10. The van der Waals surface area contributed by atoms with Gasteiger partial charge in [0.2, 0.25) is 17.7 Å². The third-order valence-electron chi connectivity index (χ3n) is 10.7. The van der Waals surface area contributed by atoms with Crippen LogP contribution < -0.4 is 16.0 Å². The second-order valence-corrected chi connectivity index (χ2v) is 22.7. The fourth-order valence-electron chi connectivity index (χ4n) is 7.35. The zero-order valence-electron chi connectivity index (χ0n) is 45.8. The summed E-state index contributed by atoms with van der Waals surface area (Å²) in [7, 11) is 0. The molecule has 0 saturated carbocycles. The van der Waals surface area contributed by atoms with Crippen LogP contribution in [-0.2, 0) is 71.7 Å². The second-order valence-electron chi connectivity index (χ2n) is 22.7. The highest BCUT2D eigenvalue weighted by molar-refractivity contribution is 6.01. The van der Waals surface area contributed by atoms with Crippen LogP contribution in [0.1, 0.15) is 237 Å². The predicted octanol–water partition coefficient (Wildman–Crippen LogP) is 8.00. The van der Waals surface area contributed by atoms with Crippen molar-refractivity contribution in [2.75, 3.05) is 0 Å². The number of nitrogens with zero attached hydrogens (tertiary/aromatic N) is 1. The molecule has 0 unspecified atom stereocenters. The van der Waals surface area contributed by atoms with Crippen molar-refractivity contribution in [1.82, 2.24) is 21.0 Å². The normalized spacial score (nSPS) is 14.4. The van der Waals surface area contributed by atoms with E-state index in [4.69, 9.17) is 23.8 Å². The number of hydroxylamine groups is 2. The Morgan fingerprint density at radius 2 is 0.667 bits per heavy atom. The van der Waals surface area contributed by atoms with Gasteiger partial charge < -0.3 is 39.7 Å². The molecular formula is C53H90N4O15. The van der Waals surface area contributed by atoms with Crippen LogP contribution in [0.15, 0.2) is 0 Å². The Morgan fingerprint density at radius 3 is 0.986 bits per heavy atom. The third-order valence-corrected chi connectivity index (χ3v) is 10.7. The van der Waals surface area contributed by atoms with E-state index in [1.54, 1.807) is 62.3 Å². The van der Waals surface area contributed by atoms with Crippen molar-refractivity contribution in [2.24, 2.45) is 0 Å². The number of imide groups is 1. The zero-order valence-corrected chi connectivity index (χ0v) is 45.8. The van der Waals surface area contributed by atoms with Gasteiger partial charge in [-0.25, -0.2) is 19.2 Å². The first kappa shape index (κ1) is 64.9. The van der Waals surface area contributed by atoms with E-state index in [0.717, 1.165) is 44.9 Å². The Kier molecular flexibility index (Phi) is 29.0. The van der Waals surface area contributed by atoms with E-state index in [1.807, 2.05) is 20.8 Å². The van der Waals surface area contributed by atoms with E-state index < -0.39 is 101 Å². The highest BCUT2D eigenvalue weighted by Gasteiger charge is 2.35. The first-order chi connectivity index (χ1) is 33.3. The summed E-state index contributed by atoms with van der Waals surface area (Å²) in [6.07, 6.45) is 13.5. The lowest BCUT2D eigenvalue weighted by Gasteiger charge is -2.26. The van der Waals surface area contributed by atoms with Gasteiger partial charge in [0.1, 0.15) is 40.5 Å². The second kappa shape index (κ2) is 32.2. The maximum Gasteiger partial charge on any atom is 0.333 e. The van der Waals surface area contributed by atoms with Crippen LogP contribution in [0.4, 0.5) is 0 Å². The van der Waals surface area contributed by atoms with E-state index in [2.05, 4.69) is 16.0 Å². The minimum absolute atomic E-state index is 0.105. The van der Waals surface area contributed by atoms with Crippen molar-refractivity contribution in [2.45, 2.75) is 278 Å². The maximum atomic E-state index is 13.4. The number of unbranched alkanes of at least 4 members (excludes halogenated alkanes) is 13. The van der Waals surface area contributed by atoms with E-state index in [1.165, 1.54) is 38.5 Å². The minimum Gasteiger partial charge on any atom is -0.460 e. The van der Waals surface area contributed by atoms with Crippen molar-refractivity contribution in [3.05, 3.63) is 0 Å². The first-order valence-electron chi connectivity index (χ1n) is 26.2. The summed E-state index contributed by atoms with van der Waals surface area (Å²) >= 11 is 0. The van der Waals surface area contributed by atoms with E-state index in [0.29, 0.717) is 17.9 Å². The van der Waals surface area contributed by atoms with Gasteiger partial charge in [-0.15, -0.1) is 5.06 Å². The number of carbonyl (C=O) groups excluding carboxylic acids is 10. The van der Waals surface area contributed by atoms with Crippen LogP contribution in [0.3, 0.4) is 0 Å². The van der Waals surface area contributed by atoms with Gasteiger partial charge >= 0.3 is 29.8 Å². The molecule has 0 bridgehead atoms. The highest BCUT2D eigenvalue weighted by Crippen LogP contribution is 2.19. The number of ether oxygens (including phenoxy) is 4. The summed E-state index contributed by atoms with van der Waals surface area (Å²) in [4.78, 5) is 132. The lowest BCUT2D eigenvalue weighted by Crippen LogP contribution is -2.48. The van der Waals surface area contributed by atoms with Crippen LogP contribution in [0.25, 0.3) is 0 Å². The van der Waals surface area contributed by atoms with Crippen molar-refractivity contribution >= 4 is 59.4 Å². The van der Waals surface area contributed by atoms with Crippen LogP contribution in [-0.4, -0.2) is 105 Å². The largest absolute Gasteiger partial charge is 0.460 e. The lowest BCUT2D eigenvalue weighted by molar-refractivity contribution is -0.197. The SMILES string of the molecule is CC(C)(C)OC(=O)CCCCCCCCCCCCCCCCC(=O)N[C@@H](CCC(=O)N[C@@H](CCC(=O)N[C@@H](CCC(=O)ON1C(=O)CCC1=O)C(=O)OC(C)(C)C)C(=O)OC(C)(C)C)C(=O)OC(C)(C)C. The molecule has 3 atom stereocenters. The van der Waals surface area contributed by atoms with Gasteiger partial charge in [-0.3, -0.25) is 28.8 Å². The Labute approximate surface area is 428 Å². The molecule has 0 aliphatic carbocycles. The molecule has 0 radical (unpaired) electrons. The molecule has 72 heavy (non-hydrogen) atoms. The molecule has 0 spiro atoms. The average Bonchev–Trinajstić information content (AvgIpc) is 3.54. The van der Waals surface area contributed by atoms with Crippen LogP contribution in [0.2, 0.25) is 0 Å². The smallest absolute Gasteiger partial charge is 0.333 e. The molecule has 1 heterocycles. The monoisotopic (exact) mass is 1020 g/mol. The van der Waals surface area contributed by atoms with Gasteiger partial charge in [0.15, 0.2) is 0 Å². The zero-order chi connectivity index (χ0) is 54.7. The van der Waals surface area contributed by atoms with Gasteiger partial charge in [0, 0.05) is 38.5 Å². The molecule has 1 fully saturated rings. The van der Waals surface area contributed by atoms with E-state index in [9.17, 15) is 47.9 Å². The molecule has 3 N–H and O–H groups in total. The molecule has 1 rings (SSSR count). The molecule has 0 aromatic rings. The minimum atomic E-state index is -1.37. The summed E-state index contributed by atoms with van der Waals surface area (Å²) in [5, 5.41) is 8.20. The summed E-state index contributed by atoms with van der Waals surface area (Å²) in [5.74, 6) is -6.66. The molecule has 0 aromatic carbocycles. The molecule has 1 aliphatic rings. The van der Waals surface area contributed by atoms with Crippen molar-refractivity contribution in [1.29, 1.82) is 0 Å². The highest BCUT2D eigenvalue weighted by atomic mass is 16.7. The Bertz CT molecular complexity index is 1770. The number of rotatable bonds is 33. The molecule has 412 valence electrons. The number of hydrogen-bond acceptors (Lipinski definition) is 15. The number of nitrogens with one attached hydrogen (secondary N) is 3. The third kappa shape index (κ3) is 32.8.